The van der Waals surface area contributed by atoms with Gasteiger partial charge in [-0.05, 0) is 49.2 Å². The minimum atomic E-state index is -0.0816. The Morgan fingerprint density at radius 2 is 2.09 bits per heavy atom. The highest BCUT2D eigenvalue weighted by Crippen LogP contribution is 2.24. The van der Waals surface area contributed by atoms with E-state index in [0.29, 0.717) is 12.1 Å². The minimum absolute atomic E-state index is 0.0783. The van der Waals surface area contributed by atoms with Crippen molar-refractivity contribution >= 4 is 22.9 Å². The van der Waals surface area contributed by atoms with Gasteiger partial charge in [0.15, 0.2) is 11.5 Å². The summed E-state index contributed by atoms with van der Waals surface area (Å²) in [6.07, 6.45) is 4.53. The first-order valence-electron chi connectivity index (χ1n) is 11.1. The van der Waals surface area contributed by atoms with Crippen molar-refractivity contribution in [3.8, 4) is 0 Å². The maximum atomic E-state index is 12.8. The molecule has 0 bridgehead atoms. The zero-order valence-electron chi connectivity index (χ0n) is 18.6. The standard InChI is InChI=1S/C24H27N7OS/c1-29-12-13-30(16-19-5-2-3-10-25-19)17-21(29)23-28-27-22-8-7-18(15-31(22)23)24(32)26-11-9-20-6-4-14-33-20/h2-8,10,14-15,21H,9,11-13,16-17H2,1H3,(H,26,32)/t21-/m0/s1. The zero-order valence-corrected chi connectivity index (χ0v) is 19.4. The average molecular weight is 462 g/mol. The van der Waals surface area contributed by atoms with Gasteiger partial charge in [-0.3, -0.25) is 24.0 Å². The molecule has 5 rings (SSSR count). The molecule has 0 radical (unpaired) electrons. The number of hydrogen-bond donors (Lipinski definition) is 1. The Morgan fingerprint density at radius 3 is 2.91 bits per heavy atom. The third-order valence-corrected chi connectivity index (χ3v) is 7.01. The number of likely N-dealkylation sites (N-methyl/N-ethyl adjacent to an activating group) is 1. The van der Waals surface area contributed by atoms with E-state index in [1.807, 2.05) is 47.1 Å². The Morgan fingerprint density at radius 1 is 1.15 bits per heavy atom. The predicted molar refractivity (Wildman–Crippen MR) is 128 cm³/mol. The van der Waals surface area contributed by atoms with Gasteiger partial charge in [0.25, 0.3) is 5.91 Å². The van der Waals surface area contributed by atoms with Gasteiger partial charge in [0.2, 0.25) is 0 Å². The lowest BCUT2D eigenvalue weighted by Gasteiger charge is -2.38. The van der Waals surface area contributed by atoms with Crippen LogP contribution < -0.4 is 5.32 Å². The highest BCUT2D eigenvalue weighted by molar-refractivity contribution is 7.09. The molecule has 0 aliphatic carbocycles. The Kier molecular flexibility index (Phi) is 6.43. The van der Waals surface area contributed by atoms with E-state index in [4.69, 9.17) is 0 Å². The van der Waals surface area contributed by atoms with Gasteiger partial charge in [0.1, 0.15) is 0 Å². The highest BCUT2D eigenvalue weighted by atomic mass is 32.1. The summed E-state index contributed by atoms with van der Waals surface area (Å²) in [6.45, 7) is 4.14. The number of amides is 1. The number of nitrogens with zero attached hydrogens (tertiary/aromatic N) is 6. The van der Waals surface area contributed by atoms with Crippen molar-refractivity contribution in [2.45, 2.75) is 19.0 Å². The van der Waals surface area contributed by atoms with Crippen molar-refractivity contribution in [3.63, 3.8) is 0 Å². The number of pyridine rings is 2. The normalized spacial score (nSPS) is 17.4. The second-order valence-electron chi connectivity index (χ2n) is 8.34. The second-order valence-corrected chi connectivity index (χ2v) is 9.37. The summed E-state index contributed by atoms with van der Waals surface area (Å²) >= 11 is 1.71. The summed E-state index contributed by atoms with van der Waals surface area (Å²) in [5, 5.41) is 13.9. The number of hydrogen-bond acceptors (Lipinski definition) is 7. The summed E-state index contributed by atoms with van der Waals surface area (Å²) in [5.74, 6) is 0.772. The summed E-state index contributed by atoms with van der Waals surface area (Å²) in [6, 6.07) is 13.9. The molecule has 5 heterocycles. The molecule has 1 amide bonds. The fourth-order valence-corrected chi connectivity index (χ4v) is 4.91. The van der Waals surface area contributed by atoms with Gasteiger partial charge in [-0.2, -0.15) is 0 Å². The lowest BCUT2D eigenvalue weighted by atomic mass is 10.1. The first-order valence-corrected chi connectivity index (χ1v) is 12.0. The Hall–Kier alpha value is -3.14. The molecule has 4 aromatic heterocycles. The fourth-order valence-electron chi connectivity index (χ4n) is 4.20. The molecule has 1 fully saturated rings. The van der Waals surface area contributed by atoms with Crippen LogP contribution in [0.4, 0.5) is 0 Å². The van der Waals surface area contributed by atoms with Crippen LogP contribution in [0.15, 0.2) is 60.2 Å². The number of piperazine rings is 1. The molecule has 1 N–H and O–H groups in total. The summed E-state index contributed by atoms with van der Waals surface area (Å²) in [7, 11) is 2.12. The Labute approximate surface area is 196 Å². The largest absolute Gasteiger partial charge is 0.352 e. The van der Waals surface area contributed by atoms with Gasteiger partial charge in [-0.25, -0.2) is 0 Å². The van der Waals surface area contributed by atoms with Crippen LogP contribution >= 0.6 is 11.3 Å². The number of nitrogens with one attached hydrogen (secondary N) is 1. The molecular formula is C24H27N7OS. The van der Waals surface area contributed by atoms with E-state index in [1.54, 1.807) is 11.3 Å². The number of aromatic nitrogens is 4. The van der Waals surface area contributed by atoms with E-state index in [0.717, 1.165) is 49.8 Å². The quantitative estimate of drug-likeness (QED) is 0.456. The molecular weight excluding hydrogens is 434 g/mol. The van der Waals surface area contributed by atoms with Crippen molar-refractivity contribution in [2.24, 2.45) is 0 Å². The molecule has 0 aromatic carbocycles. The van der Waals surface area contributed by atoms with Crippen LogP contribution in [0.3, 0.4) is 0 Å². The number of fused-ring (bicyclic) bond motifs is 1. The molecule has 0 spiro atoms. The van der Waals surface area contributed by atoms with E-state index >= 15 is 0 Å². The molecule has 4 aromatic rings. The molecule has 9 heteroatoms. The van der Waals surface area contributed by atoms with E-state index in [9.17, 15) is 4.79 Å². The van der Waals surface area contributed by atoms with Crippen LogP contribution in [-0.2, 0) is 13.0 Å². The van der Waals surface area contributed by atoms with Crippen LogP contribution in [0.5, 0.6) is 0 Å². The second kappa shape index (κ2) is 9.78. The van der Waals surface area contributed by atoms with Crippen molar-refractivity contribution < 1.29 is 4.79 Å². The van der Waals surface area contributed by atoms with Crippen LogP contribution in [0.25, 0.3) is 5.65 Å². The van der Waals surface area contributed by atoms with Crippen molar-refractivity contribution in [2.75, 3.05) is 33.2 Å². The molecule has 1 atom stereocenters. The van der Waals surface area contributed by atoms with Gasteiger partial charge in [0.05, 0.1) is 17.3 Å². The maximum Gasteiger partial charge on any atom is 0.252 e. The van der Waals surface area contributed by atoms with E-state index in [-0.39, 0.29) is 11.9 Å². The highest BCUT2D eigenvalue weighted by Gasteiger charge is 2.29. The molecule has 1 aliphatic rings. The number of thiophene rings is 1. The van der Waals surface area contributed by atoms with Crippen molar-refractivity contribution in [3.05, 3.63) is 82.2 Å². The lowest BCUT2D eigenvalue weighted by Crippen LogP contribution is -2.46. The predicted octanol–water partition coefficient (Wildman–Crippen LogP) is 2.65. The lowest BCUT2D eigenvalue weighted by molar-refractivity contribution is 0.0844. The van der Waals surface area contributed by atoms with Crippen molar-refractivity contribution in [1.29, 1.82) is 0 Å². The minimum Gasteiger partial charge on any atom is -0.352 e. The van der Waals surface area contributed by atoms with Gasteiger partial charge in [-0.1, -0.05) is 12.1 Å². The maximum absolute atomic E-state index is 12.8. The molecule has 0 unspecified atom stereocenters. The van der Waals surface area contributed by atoms with Crippen LogP contribution in [-0.4, -0.2) is 68.5 Å². The third-order valence-electron chi connectivity index (χ3n) is 6.07. The van der Waals surface area contributed by atoms with Crippen LogP contribution in [0.2, 0.25) is 0 Å². The topological polar surface area (TPSA) is 78.7 Å². The summed E-state index contributed by atoms with van der Waals surface area (Å²) in [5.41, 5.74) is 2.42. The van der Waals surface area contributed by atoms with Gasteiger partial charge < -0.3 is 5.32 Å². The van der Waals surface area contributed by atoms with E-state index < -0.39 is 0 Å². The smallest absolute Gasteiger partial charge is 0.252 e. The molecule has 8 nitrogen and oxygen atoms in total. The van der Waals surface area contributed by atoms with E-state index in [2.05, 4.69) is 54.9 Å². The average Bonchev–Trinajstić information content (AvgIpc) is 3.50. The van der Waals surface area contributed by atoms with Crippen LogP contribution in [0.1, 0.15) is 32.8 Å². The van der Waals surface area contributed by atoms with E-state index in [1.165, 1.54) is 4.88 Å². The first-order chi connectivity index (χ1) is 16.2. The Balaban J connectivity index is 1.31. The van der Waals surface area contributed by atoms with Crippen molar-refractivity contribution in [1.82, 2.24) is 34.7 Å². The monoisotopic (exact) mass is 461 g/mol. The summed E-state index contributed by atoms with van der Waals surface area (Å²) in [4.78, 5) is 23.2. The first kappa shape index (κ1) is 21.7. The number of rotatable bonds is 7. The van der Waals surface area contributed by atoms with Crippen LogP contribution in [0, 0.1) is 0 Å². The third kappa shape index (κ3) is 4.95. The number of carbonyl (C=O) groups is 1. The molecule has 1 aliphatic heterocycles. The Bertz CT molecular complexity index is 1210. The molecule has 33 heavy (non-hydrogen) atoms. The van der Waals surface area contributed by atoms with Gasteiger partial charge in [0, 0.05) is 50.0 Å². The SMILES string of the molecule is CN1CCN(Cc2ccccn2)C[C@H]1c1nnc2ccc(C(=O)NCCc3cccs3)cn12. The number of carbonyl (C=O) groups excluding carboxylic acids is 1. The summed E-state index contributed by atoms with van der Waals surface area (Å²) < 4.78 is 1.96. The zero-order chi connectivity index (χ0) is 22.6. The van der Waals surface area contributed by atoms with Gasteiger partial charge >= 0.3 is 0 Å². The molecule has 170 valence electrons. The van der Waals surface area contributed by atoms with Gasteiger partial charge in [-0.15, -0.1) is 21.5 Å². The fraction of sp³-hybridized carbons (Fsp3) is 0.333. The molecule has 1 saturated heterocycles. The molecule has 0 saturated carbocycles.